The maximum atomic E-state index is 11.8. The number of hydrogen-bond acceptors (Lipinski definition) is 5. The molecule has 2 aliphatic heterocycles. The van der Waals surface area contributed by atoms with Crippen molar-refractivity contribution in [3.63, 3.8) is 0 Å². The van der Waals surface area contributed by atoms with Crippen LogP contribution >= 0.6 is 0 Å². The second-order valence-electron chi connectivity index (χ2n) is 7.57. The van der Waals surface area contributed by atoms with Gasteiger partial charge < -0.3 is 9.47 Å². The van der Waals surface area contributed by atoms with Gasteiger partial charge in [-0.2, -0.15) is 0 Å². The zero-order valence-corrected chi connectivity index (χ0v) is 15.1. The van der Waals surface area contributed by atoms with Crippen LogP contribution in [0.1, 0.15) is 29.9 Å². The van der Waals surface area contributed by atoms with Gasteiger partial charge in [0.2, 0.25) is 5.96 Å². The molecule has 3 heterocycles. The van der Waals surface area contributed by atoms with Crippen molar-refractivity contribution in [3.8, 4) is 0 Å². The van der Waals surface area contributed by atoms with Crippen LogP contribution in [0.15, 0.2) is 35.3 Å². The maximum absolute atomic E-state index is 11.8. The topological polar surface area (TPSA) is 53.7 Å². The molecule has 0 saturated heterocycles. The Hall–Kier alpha value is -2.63. The third kappa shape index (κ3) is 2.28. The number of aliphatic imine (C=N–C) groups is 1. The van der Waals surface area contributed by atoms with Gasteiger partial charge in [-0.15, -0.1) is 0 Å². The Balaban J connectivity index is 1.53. The number of Topliss-reactive ketones (excluding diaryl/α,β-unsaturated/α-hetero) is 1. The number of nitrogens with zero attached hydrogens (tertiary/aromatic N) is 5. The molecular formula is C20H22N5O. The Morgan fingerprint density at radius 1 is 1.23 bits per heavy atom. The highest BCUT2D eigenvalue weighted by atomic mass is 16.1. The highest BCUT2D eigenvalue weighted by Gasteiger charge is 2.49. The standard InChI is InChI=1S/C20H22N5O/c1-14-21-18-17(24(14)11-15-6-4-3-5-7-15)12-23(2)19-22-20(13-25(18)19)9-8-16(26)10-20/h3-7,10H,8-9,11-13H2,1-2H3. The van der Waals surface area contributed by atoms with Gasteiger partial charge >= 0.3 is 0 Å². The zero-order valence-electron chi connectivity index (χ0n) is 15.1. The molecule has 0 N–H and O–H groups in total. The van der Waals surface area contributed by atoms with Gasteiger partial charge in [0.15, 0.2) is 5.82 Å². The van der Waals surface area contributed by atoms with Crippen LogP contribution in [0.5, 0.6) is 0 Å². The Morgan fingerprint density at radius 3 is 2.77 bits per heavy atom. The minimum absolute atomic E-state index is 0.211. The zero-order chi connectivity index (χ0) is 17.9. The van der Waals surface area contributed by atoms with Crippen molar-refractivity contribution >= 4 is 17.6 Å². The number of guanidine groups is 1. The first-order chi connectivity index (χ1) is 12.5. The van der Waals surface area contributed by atoms with Crippen LogP contribution in [-0.4, -0.2) is 45.3 Å². The van der Waals surface area contributed by atoms with E-state index in [1.54, 1.807) is 0 Å². The molecule has 133 valence electrons. The van der Waals surface area contributed by atoms with Crippen molar-refractivity contribution in [1.29, 1.82) is 0 Å². The number of carbonyl (C=O) groups is 1. The summed E-state index contributed by atoms with van der Waals surface area (Å²) >= 11 is 0. The molecule has 2 aromatic rings. The number of anilines is 1. The molecule has 1 aliphatic carbocycles. The van der Waals surface area contributed by atoms with Crippen molar-refractivity contribution < 1.29 is 4.79 Å². The number of aryl methyl sites for hydroxylation is 1. The maximum Gasteiger partial charge on any atom is 0.203 e. The third-order valence-electron chi connectivity index (χ3n) is 5.64. The molecule has 1 unspecified atom stereocenters. The molecule has 3 aliphatic rings. The largest absolute Gasteiger partial charge is 0.340 e. The summed E-state index contributed by atoms with van der Waals surface area (Å²) in [5.74, 6) is 3.16. The summed E-state index contributed by atoms with van der Waals surface area (Å²) in [5, 5.41) is 0. The third-order valence-corrected chi connectivity index (χ3v) is 5.64. The molecule has 0 bridgehead atoms. The lowest BCUT2D eigenvalue weighted by Gasteiger charge is -2.33. The molecule has 5 rings (SSSR count). The van der Waals surface area contributed by atoms with Crippen molar-refractivity contribution in [2.75, 3.05) is 18.5 Å². The summed E-state index contributed by atoms with van der Waals surface area (Å²) in [6.07, 6.45) is 3.22. The Morgan fingerprint density at radius 2 is 2.04 bits per heavy atom. The van der Waals surface area contributed by atoms with E-state index in [1.807, 2.05) is 12.5 Å². The number of benzene rings is 1. The van der Waals surface area contributed by atoms with E-state index in [0.29, 0.717) is 13.0 Å². The predicted molar refractivity (Wildman–Crippen MR) is 100 cm³/mol. The predicted octanol–water partition coefficient (Wildman–Crippen LogP) is 2.17. The second kappa shape index (κ2) is 5.43. The van der Waals surface area contributed by atoms with Gasteiger partial charge in [-0.05, 0) is 18.9 Å². The minimum atomic E-state index is -0.362. The molecule has 26 heavy (non-hydrogen) atoms. The molecular weight excluding hydrogens is 326 g/mol. The van der Waals surface area contributed by atoms with Gasteiger partial charge in [-0.3, -0.25) is 9.69 Å². The molecule has 1 radical (unpaired) electrons. The fraction of sp³-hybridized carbons (Fsp3) is 0.400. The van der Waals surface area contributed by atoms with Gasteiger partial charge in [0, 0.05) is 20.0 Å². The van der Waals surface area contributed by atoms with E-state index in [2.05, 4.69) is 52.6 Å². The summed E-state index contributed by atoms with van der Waals surface area (Å²) in [4.78, 5) is 26.0. The van der Waals surface area contributed by atoms with Crippen LogP contribution in [0.25, 0.3) is 0 Å². The SMILES string of the molecule is Cc1nc2c(n1Cc1ccccc1)CN(C)C1=NC3([CH]C(=O)CC3)CN12. The van der Waals surface area contributed by atoms with Crippen LogP contribution in [0.4, 0.5) is 5.82 Å². The molecule has 1 saturated carbocycles. The van der Waals surface area contributed by atoms with E-state index in [9.17, 15) is 4.79 Å². The average molecular weight is 348 g/mol. The van der Waals surface area contributed by atoms with Crippen molar-refractivity contribution in [1.82, 2.24) is 14.5 Å². The Bertz CT molecular complexity index is 916. The summed E-state index contributed by atoms with van der Waals surface area (Å²) in [5.41, 5.74) is 2.12. The van der Waals surface area contributed by atoms with Gasteiger partial charge in [0.25, 0.3) is 0 Å². The fourth-order valence-corrected chi connectivity index (χ4v) is 4.33. The highest BCUT2D eigenvalue weighted by Crippen LogP contribution is 2.40. The van der Waals surface area contributed by atoms with Gasteiger partial charge in [-0.25, -0.2) is 9.98 Å². The van der Waals surface area contributed by atoms with E-state index in [-0.39, 0.29) is 11.3 Å². The fourth-order valence-electron chi connectivity index (χ4n) is 4.33. The lowest BCUT2D eigenvalue weighted by atomic mass is 9.99. The molecule has 6 nitrogen and oxygen atoms in total. The van der Waals surface area contributed by atoms with Gasteiger partial charge in [0.05, 0.1) is 30.7 Å². The molecule has 6 heteroatoms. The first kappa shape index (κ1) is 15.6. The van der Waals surface area contributed by atoms with Crippen molar-refractivity contribution in [2.45, 2.75) is 38.4 Å². The van der Waals surface area contributed by atoms with Crippen molar-refractivity contribution in [3.05, 3.63) is 53.8 Å². The molecule has 1 atom stereocenters. The number of carbonyl (C=O) groups excluding carboxylic acids is 1. The highest BCUT2D eigenvalue weighted by molar-refractivity contribution is 6.02. The smallest absolute Gasteiger partial charge is 0.203 e. The summed E-state index contributed by atoms with van der Waals surface area (Å²) in [6, 6.07) is 10.5. The van der Waals surface area contributed by atoms with Crippen LogP contribution in [-0.2, 0) is 17.9 Å². The Labute approximate surface area is 153 Å². The summed E-state index contributed by atoms with van der Waals surface area (Å²) in [7, 11) is 2.07. The number of aromatic nitrogens is 2. The second-order valence-corrected chi connectivity index (χ2v) is 7.57. The number of imidazole rings is 1. The van der Waals surface area contributed by atoms with Crippen molar-refractivity contribution in [2.24, 2.45) is 4.99 Å². The van der Waals surface area contributed by atoms with Crippen LogP contribution in [0, 0.1) is 13.3 Å². The monoisotopic (exact) mass is 348 g/mol. The van der Waals surface area contributed by atoms with Gasteiger partial charge in [-0.1, -0.05) is 30.3 Å². The van der Waals surface area contributed by atoms with E-state index >= 15 is 0 Å². The lowest BCUT2D eigenvalue weighted by molar-refractivity contribution is -0.114. The quantitative estimate of drug-likeness (QED) is 0.835. The molecule has 1 spiro atoms. The summed E-state index contributed by atoms with van der Waals surface area (Å²) in [6.45, 7) is 4.38. The van der Waals surface area contributed by atoms with E-state index < -0.39 is 0 Å². The van der Waals surface area contributed by atoms with E-state index in [4.69, 9.17) is 9.98 Å². The minimum Gasteiger partial charge on any atom is -0.340 e. The van der Waals surface area contributed by atoms with Crippen LogP contribution in [0.2, 0.25) is 0 Å². The van der Waals surface area contributed by atoms with Gasteiger partial charge in [0.1, 0.15) is 11.6 Å². The number of fused-ring (bicyclic) bond motifs is 3. The molecule has 0 amide bonds. The van der Waals surface area contributed by atoms with Crippen LogP contribution < -0.4 is 4.90 Å². The van der Waals surface area contributed by atoms with Crippen LogP contribution in [0.3, 0.4) is 0 Å². The summed E-state index contributed by atoms with van der Waals surface area (Å²) < 4.78 is 2.30. The lowest BCUT2D eigenvalue weighted by Crippen LogP contribution is -2.45. The molecule has 1 aromatic carbocycles. The first-order valence-corrected chi connectivity index (χ1v) is 9.12. The number of ketones is 1. The average Bonchev–Trinajstić information content (AvgIpc) is 3.27. The normalized spacial score (nSPS) is 24.2. The Kier molecular flexibility index (Phi) is 3.26. The number of rotatable bonds is 2. The first-order valence-electron chi connectivity index (χ1n) is 9.12. The van der Waals surface area contributed by atoms with E-state index in [0.717, 1.165) is 37.1 Å². The molecule has 1 aromatic heterocycles. The number of hydrogen-bond donors (Lipinski definition) is 0. The molecule has 1 fully saturated rings. The van der Waals surface area contributed by atoms with E-state index in [1.165, 1.54) is 11.3 Å².